The highest BCUT2D eigenvalue weighted by atomic mass is 32.1. The van der Waals surface area contributed by atoms with Gasteiger partial charge in [-0.2, -0.15) is 4.37 Å². The van der Waals surface area contributed by atoms with E-state index in [1.54, 1.807) is 4.90 Å². The van der Waals surface area contributed by atoms with Gasteiger partial charge >= 0.3 is 0 Å². The second-order valence-corrected chi connectivity index (χ2v) is 5.15. The number of amides is 1. The topological polar surface area (TPSA) is 84.1 Å². The summed E-state index contributed by atoms with van der Waals surface area (Å²) in [7, 11) is 3.66. The molecule has 0 fully saturated rings. The van der Waals surface area contributed by atoms with Gasteiger partial charge in [-0.1, -0.05) is 0 Å². The van der Waals surface area contributed by atoms with Gasteiger partial charge in [0.2, 0.25) is 5.13 Å². The SMILES string of the molecule is CN(C)c1nc(CNc2cc(C(N)=O)c(F)cc2F)ns1. The number of rotatable bonds is 5. The fourth-order valence-electron chi connectivity index (χ4n) is 1.55. The minimum absolute atomic E-state index is 0.0357. The molecule has 0 aliphatic heterocycles. The fourth-order valence-corrected chi connectivity index (χ4v) is 2.15. The van der Waals surface area contributed by atoms with E-state index in [0.717, 1.165) is 6.07 Å². The highest BCUT2D eigenvalue weighted by Gasteiger charge is 2.14. The molecule has 0 radical (unpaired) electrons. The maximum Gasteiger partial charge on any atom is 0.251 e. The van der Waals surface area contributed by atoms with Crippen molar-refractivity contribution < 1.29 is 13.6 Å². The molecule has 6 nitrogen and oxygen atoms in total. The van der Waals surface area contributed by atoms with Crippen LogP contribution < -0.4 is 16.0 Å². The van der Waals surface area contributed by atoms with Crippen molar-refractivity contribution in [2.75, 3.05) is 24.3 Å². The first-order valence-electron chi connectivity index (χ1n) is 5.91. The monoisotopic (exact) mass is 313 g/mol. The van der Waals surface area contributed by atoms with E-state index in [4.69, 9.17) is 5.73 Å². The number of carbonyl (C=O) groups is 1. The third-order valence-electron chi connectivity index (χ3n) is 2.60. The average molecular weight is 313 g/mol. The Balaban J connectivity index is 2.15. The van der Waals surface area contributed by atoms with Crippen LogP contribution in [0.15, 0.2) is 12.1 Å². The van der Waals surface area contributed by atoms with E-state index < -0.39 is 17.5 Å². The second-order valence-electron chi connectivity index (χ2n) is 4.42. The van der Waals surface area contributed by atoms with Crippen molar-refractivity contribution in [1.29, 1.82) is 0 Å². The van der Waals surface area contributed by atoms with E-state index >= 15 is 0 Å². The second kappa shape index (κ2) is 6.00. The number of benzene rings is 1. The highest BCUT2D eigenvalue weighted by molar-refractivity contribution is 7.09. The van der Waals surface area contributed by atoms with Gasteiger partial charge in [0.25, 0.3) is 5.91 Å². The maximum absolute atomic E-state index is 13.6. The summed E-state index contributed by atoms with van der Waals surface area (Å²) in [6, 6.07) is 1.65. The van der Waals surface area contributed by atoms with Gasteiger partial charge in [0.05, 0.1) is 17.8 Å². The van der Waals surface area contributed by atoms with E-state index in [1.165, 1.54) is 11.5 Å². The quantitative estimate of drug-likeness (QED) is 0.876. The van der Waals surface area contributed by atoms with E-state index in [9.17, 15) is 13.6 Å². The number of anilines is 2. The van der Waals surface area contributed by atoms with Crippen molar-refractivity contribution in [2.45, 2.75) is 6.54 Å². The molecule has 1 amide bonds. The molecule has 0 atom stereocenters. The fraction of sp³-hybridized carbons (Fsp3) is 0.250. The van der Waals surface area contributed by atoms with E-state index in [0.29, 0.717) is 17.0 Å². The molecule has 21 heavy (non-hydrogen) atoms. The first kappa shape index (κ1) is 15.1. The summed E-state index contributed by atoms with van der Waals surface area (Å²) >= 11 is 1.20. The molecule has 1 heterocycles. The van der Waals surface area contributed by atoms with Crippen LogP contribution in [-0.4, -0.2) is 29.4 Å². The largest absolute Gasteiger partial charge is 0.375 e. The van der Waals surface area contributed by atoms with Crippen molar-refractivity contribution in [1.82, 2.24) is 9.36 Å². The molecule has 112 valence electrons. The molecule has 0 aliphatic rings. The predicted molar refractivity (Wildman–Crippen MR) is 76.4 cm³/mol. The zero-order chi connectivity index (χ0) is 15.6. The lowest BCUT2D eigenvalue weighted by atomic mass is 10.1. The van der Waals surface area contributed by atoms with Crippen LogP contribution in [0, 0.1) is 11.6 Å². The van der Waals surface area contributed by atoms with Crippen molar-refractivity contribution in [3.05, 3.63) is 35.2 Å². The van der Waals surface area contributed by atoms with Crippen LogP contribution in [0.25, 0.3) is 0 Å². The molecule has 0 spiro atoms. The molecule has 9 heteroatoms. The van der Waals surface area contributed by atoms with Crippen LogP contribution in [0.5, 0.6) is 0 Å². The van der Waals surface area contributed by atoms with Gasteiger partial charge in [0, 0.05) is 31.7 Å². The van der Waals surface area contributed by atoms with Crippen LogP contribution in [0.4, 0.5) is 19.6 Å². The Morgan fingerprint density at radius 1 is 1.38 bits per heavy atom. The van der Waals surface area contributed by atoms with Gasteiger partial charge in [-0.05, 0) is 6.07 Å². The minimum Gasteiger partial charge on any atom is -0.375 e. The van der Waals surface area contributed by atoms with Crippen LogP contribution in [0.1, 0.15) is 16.2 Å². The van der Waals surface area contributed by atoms with Crippen LogP contribution in [-0.2, 0) is 6.54 Å². The number of hydrogen-bond acceptors (Lipinski definition) is 6. The highest BCUT2D eigenvalue weighted by Crippen LogP contribution is 2.20. The number of carbonyl (C=O) groups excluding carboxylic acids is 1. The number of nitrogens with zero attached hydrogens (tertiary/aromatic N) is 3. The minimum atomic E-state index is -0.993. The van der Waals surface area contributed by atoms with Crippen LogP contribution in [0.3, 0.4) is 0 Å². The molecule has 0 saturated heterocycles. The molecule has 1 aromatic heterocycles. The Bertz CT molecular complexity index is 674. The van der Waals surface area contributed by atoms with Crippen LogP contribution >= 0.6 is 11.5 Å². The molecule has 0 saturated carbocycles. The first-order valence-corrected chi connectivity index (χ1v) is 6.68. The van der Waals surface area contributed by atoms with E-state index in [2.05, 4.69) is 14.7 Å². The summed E-state index contributed by atoms with van der Waals surface area (Å²) < 4.78 is 31.1. The maximum atomic E-state index is 13.6. The Morgan fingerprint density at radius 2 is 2.10 bits per heavy atom. The number of hydrogen-bond donors (Lipinski definition) is 2. The summed E-state index contributed by atoms with van der Waals surface area (Å²) in [5.41, 5.74) is 4.61. The Morgan fingerprint density at radius 3 is 2.67 bits per heavy atom. The Labute approximate surface area is 123 Å². The number of aromatic nitrogens is 2. The first-order chi connectivity index (χ1) is 9.88. The van der Waals surface area contributed by atoms with Crippen LogP contribution in [0.2, 0.25) is 0 Å². The normalized spacial score (nSPS) is 10.5. The lowest BCUT2D eigenvalue weighted by molar-refractivity contribution is 0.0996. The van der Waals surface area contributed by atoms with Gasteiger partial charge in [-0.3, -0.25) is 4.79 Å². The molecule has 2 aromatic rings. The number of halogens is 2. The van der Waals surface area contributed by atoms with Gasteiger partial charge in [-0.25, -0.2) is 13.8 Å². The summed E-state index contributed by atoms with van der Waals surface area (Å²) in [6.45, 7) is 0.144. The Hall–Kier alpha value is -2.29. The number of nitrogens with two attached hydrogens (primary N) is 1. The molecule has 3 N–H and O–H groups in total. The lowest BCUT2D eigenvalue weighted by Gasteiger charge is -2.08. The number of primary amides is 1. The summed E-state index contributed by atoms with van der Waals surface area (Å²) in [6.07, 6.45) is 0. The molecule has 1 aromatic carbocycles. The van der Waals surface area contributed by atoms with Crippen molar-refractivity contribution in [3.8, 4) is 0 Å². The van der Waals surface area contributed by atoms with Crippen molar-refractivity contribution in [2.24, 2.45) is 5.73 Å². The smallest absolute Gasteiger partial charge is 0.251 e. The predicted octanol–water partition coefficient (Wildman–Crippen LogP) is 1.59. The Kier molecular flexibility index (Phi) is 4.32. The molecular weight excluding hydrogens is 300 g/mol. The van der Waals surface area contributed by atoms with Crippen molar-refractivity contribution >= 4 is 28.3 Å². The van der Waals surface area contributed by atoms with E-state index in [-0.39, 0.29) is 17.8 Å². The standard InChI is InChI=1S/C12H13F2N5OS/c1-19(2)12-17-10(18-21-12)5-16-9-3-6(11(15)20)7(13)4-8(9)14/h3-4,16H,5H2,1-2H3,(H2,15,20). The average Bonchev–Trinajstić information content (AvgIpc) is 2.86. The van der Waals surface area contributed by atoms with Crippen molar-refractivity contribution in [3.63, 3.8) is 0 Å². The van der Waals surface area contributed by atoms with Gasteiger partial charge in [0.1, 0.15) is 11.6 Å². The van der Waals surface area contributed by atoms with E-state index in [1.807, 2.05) is 14.1 Å². The molecule has 2 rings (SSSR count). The molecular formula is C12H13F2N5OS. The third-order valence-corrected chi connectivity index (χ3v) is 3.52. The van der Waals surface area contributed by atoms with Gasteiger partial charge < -0.3 is 16.0 Å². The van der Waals surface area contributed by atoms with Gasteiger partial charge in [0.15, 0.2) is 5.82 Å². The number of nitrogens with one attached hydrogen (secondary N) is 1. The zero-order valence-corrected chi connectivity index (χ0v) is 12.2. The summed E-state index contributed by atoms with van der Waals surface area (Å²) in [5, 5.41) is 3.43. The molecule has 0 bridgehead atoms. The summed E-state index contributed by atoms with van der Waals surface area (Å²) in [5.74, 6) is -2.31. The molecule has 0 unspecified atom stereocenters. The van der Waals surface area contributed by atoms with Gasteiger partial charge in [-0.15, -0.1) is 0 Å². The third kappa shape index (κ3) is 3.43. The lowest BCUT2D eigenvalue weighted by Crippen LogP contribution is -2.14. The molecule has 0 aliphatic carbocycles. The zero-order valence-electron chi connectivity index (χ0n) is 11.4. The summed E-state index contributed by atoms with van der Waals surface area (Å²) in [4.78, 5) is 17.1.